The van der Waals surface area contributed by atoms with Gasteiger partial charge in [0.15, 0.2) is 11.9 Å². The van der Waals surface area contributed by atoms with Crippen LogP contribution < -0.4 is 0 Å². The van der Waals surface area contributed by atoms with Crippen LogP contribution in [-0.4, -0.2) is 97.1 Å². The summed E-state index contributed by atoms with van der Waals surface area (Å²) in [6.45, 7) is 12.9. The van der Waals surface area contributed by atoms with Gasteiger partial charge in [0.1, 0.15) is 11.8 Å². The van der Waals surface area contributed by atoms with E-state index >= 15 is 0 Å². The maximum absolute atomic E-state index is 14.3. The normalized spacial score (nSPS) is 21.1. The second kappa shape index (κ2) is 15.7. The lowest BCUT2D eigenvalue weighted by atomic mass is 9.85. The van der Waals surface area contributed by atoms with Gasteiger partial charge in [0.25, 0.3) is 11.8 Å². The van der Waals surface area contributed by atoms with E-state index in [9.17, 15) is 24.6 Å². The van der Waals surface area contributed by atoms with Crippen LogP contribution in [0.1, 0.15) is 78.8 Å². The molecule has 4 heterocycles. The minimum atomic E-state index is -0.918. The third kappa shape index (κ3) is 8.95. The Bertz CT molecular complexity index is 1540. The Hall–Kier alpha value is -4.06. The zero-order chi connectivity index (χ0) is 35.3. The number of amides is 3. The van der Waals surface area contributed by atoms with Crippen molar-refractivity contribution in [3.8, 4) is 16.9 Å². The van der Waals surface area contributed by atoms with Crippen molar-refractivity contribution in [2.75, 3.05) is 26.2 Å². The van der Waals surface area contributed by atoms with Gasteiger partial charge in [-0.2, -0.15) is 5.06 Å². The molecule has 0 spiro atoms. The van der Waals surface area contributed by atoms with Crippen molar-refractivity contribution >= 4 is 23.8 Å². The van der Waals surface area contributed by atoms with Crippen LogP contribution in [0.15, 0.2) is 60.7 Å². The fraction of sp³-hybridized carbons (Fsp3) is 0.526. The summed E-state index contributed by atoms with van der Waals surface area (Å²) in [5, 5.41) is 20.2. The van der Waals surface area contributed by atoms with Crippen molar-refractivity contribution < 1.29 is 29.4 Å². The van der Waals surface area contributed by atoms with E-state index in [0.717, 1.165) is 56.4 Å². The fourth-order valence-corrected chi connectivity index (χ4v) is 6.72. The molecule has 3 aliphatic rings. The van der Waals surface area contributed by atoms with Crippen LogP contribution in [0.5, 0.6) is 5.75 Å². The van der Waals surface area contributed by atoms with Crippen LogP contribution in [0.3, 0.4) is 0 Å². The number of fused-ring (bicyclic) bond motifs is 1. The molecule has 2 N–H and O–H groups in total. The first kappa shape index (κ1) is 36.2. The Morgan fingerprint density at radius 3 is 2.45 bits per heavy atom. The van der Waals surface area contributed by atoms with Crippen molar-refractivity contribution in [1.29, 1.82) is 0 Å². The molecule has 49 heavy (non-hydrogen) atoms. The largest absolute Gasteiger partial charge is 0.508 e. The van der Waals surface area contributed by atoms with E-state index in [-0.39, 0.29) is 47.4 Å². The second-order valence-electron chi connectivity index (χ2n) is 14.9. The maximum atomic E-state index is 14.3. The summed E-state index contributed by atoms with van der Waals surface area (Å²) in [6, 6.07) is 9.70. The minimum Gasteiger partial charge on any atom is -0.508 e. The van der Waals surface area contributed by atoms with Gasteiger partial charge in [0.05, 0.1) is 11.9 Å². The summed E-state index contributed by atoms with van der Waals surface area (Å²) in [7, 11) is 0. The van der Waals surface area contributed by atoms with Gasteiger partial charge >= 0.3 is 0 Å². The van der Waals surface area contributed by atoms with E-state index in [1.165, 1.54) is 16.0 Å². The molecule has 2 aromatic rings. The van der Waals surface area contributed by atoms with Gasteiger partial charge in [-0.1, -0.05) is 52.8 Å². The number of nitrogens with zero attached hydrogens (tertiary/aromatic N) is 5. The molecule has 0 radical (unpaired) electrons. The highest BCUT2D eigenvalue weighted by molar-refractivity contribution is 5.97. The average molecular weight is 674 g/mol. The molecule has 0 bridgehead atoms. The van der Waals surface area contributed by atoms with Gasteiger partial charge in [-0.25, -0.2) is 0 Å². The number of rotatable bonds is 11. The van der Waals surface area contributed by atoms with Crippen molar-refractivity contribution in [1.82, 2.24) is 24.7 Å². The molecule has 5 rings (SSSR count). The predicted octanol–water partition coefficient (Wildman–Crippen LogP) is 5.17. The molecule has 11 heteroatoms. The first-order chi connectivity index (χ1) is 23.3. The van der Waals surface area contributed by atoms with Crippen molar-refractivity contribution in [3.05, 3.63) is 66.4 Å². The lowest BCUT2D eigenvalue weighted by molar-refractivity contribution is -0.226. The monoisotopic (exact) mass is 673 g/mol. The van der Waals surface area contributed by atoms with E-state index in [0.29, 0.717) is 18.5 Å². The molecule has 264 valence electrons. The van der Waals surface area contributed by atoms with E-state index in [4.69, 9.17) is 4.84 Å². The Balaban J connectivity index is 1.44. The number of carbonyl (C=O) groups is 3. The smallest absolute Gasteiger partial charge is 0.276 e. The fourth-order valence-electron chi connectivity index (χ4n) is 6.72. The van der Waals surface area contributed by atoms with Gasteiger partial charge in [0.2, 0.25) is 5.91 Å². The molecule has 0 saturated carbocycles. The molecular weight excluding hydrogens is 622 g/mol. The van der Waals surface area contributed by atoms with E-state index in [1.807, 2.05) is 26.0 Å². The number of unbranched alkanes of at least 4 members (excludes halogenated alkanes) is 1. The third-order valence-corrected chi connectivity index (χ3v) is 9.19. The van der Waals surface area contributed by atoms with Crippen LogP contribution >= 0.6 is 0 Å². The number of carbonyl (C=O) groups excluding carboxylic acids is 3. The van der Waals surface area contributed by atoms with Crippen LogP contribution in [-0.2, 0) is 19.2 Å². The number of phenolic OH excluding ortho intramolecular Hbond substituents is 1. The Morgan fingerprint density at radius 2 is 1.82 bits per heavy atom. The van der Waals surface area contributed by atoms with Gasteiger partial charge in [-0.05, 0) is 86.2 Å². The number of likely N-dealkylation sites (tertiary alicyclic amines) is 1. The Kier molecular flexibility index (Phi) is 11.6. The number of aliphatic hydroxyl groups excluding tert-OH is 1. The molecule has 0 unspecified atom stereocenters. The highest BCUT2D eigenvalue weighted by atomic mass is 16.7. The zero-order valence-electron chi connectivity index (χ0n) is 29.4. The number of aromatic nitrogens is 1. The summed E-state index contributed by atoms with van der Waals surface area (Å²) in [5.74, 6) is -0.390. The third-order valence-electron chi connectivity index (χ3n) is 9.19. The van der Waals surface area contributed by atoms with E-state index in [2.05, 4.69) is 30.7 Å². The van der Waals surface area contributed by atoms with Gasteiger partial charge < -0.3 is 20.0 Å². The molecule has 3 aliphatic heterocycles. The molecule has 1 aromatic carbocycles. The lowest BCUT2D eigenvalue weighted by Crippen LogP contribution is -2.65. The molecule has 1 aromatic heterocycles. The highest BCUT2D eigenvalue weighted by Gasteiger charge is 2.51. The Labute approximate surface area is 289 Å². The summed E-state index contributed by atoms with van der Waals surface area (Å²) < 4.78 is 0. The van der Waals surface area contributed by atoms with E-state index < -0.39 is 18.1 Å². The molecule has 11 nitrogen and oxygen atoms in total. The van der Waals surface area contributed by atoms with Crippen molar-refractivity contribution in [2.24, 2.45) is 11.3 Å². The van der Waals surface area contributed by atoms with Crippen LogP contribution in [0.4, 0.5) is 0 Å². The number of aromatic hydroxyl groups is 1. The summed E-state index contributed by atoms with van der Waals surface area (Å²) >= 11 is 0. The number of hydroxylamine groups is 2. The van der Waals surface area contributed by atoms with Gasteiger partial charge in [0, 0.05) is 43.6 Å². The molecule has 0 aliphatic carbocycles. The van der Waals surface area contributed by atoms with Crippen LogP contribution in [0.25, 0.3) is 17.2 Å². The van der Waals surface area contributed by atoms with Crippen molar-refractivity contribution in [3.63, 3.8) is 0 Å². The van der Waals surface area contributed by atoms with E-state index in [1.54, 1.807) is 47.6 Å². The molecule has 2 fully saturated rings. The minimum absolute atomic E-state index is 0.0797. The molecule has 2 atom stereocenters. The van der Waals surface area contributed by atoms with Gasteiger partial charge in [-0.15, -0.1) is 0 Å². The average Bonchev–Trinajstić information content (AvgIpc) is 3.06. The molecule has 3 amide bonds. The Morgan fingerprint density at radius 1 is 1.06 bits per heavy atom. The summed E-state index contributed by atoms with van der Waals surface area (Å²) in [4.78, 5) is 58.7. The summed E-state index contributed by atoms with van der Waals surface area (Å²) in [5.41, 5.74) is 1.92. The number of benzene rings is 1. The number of hydrogen-bond acceptors (Lipinski definition) is 8. The summed E-state index contributed by atoms with van der Waals surface area (Å²) in [6.07, 6.45) is 9.42. The topological polar surface area (TPSA) is 127 Å². The van der Waals surface area contributed by atoms with Crippen LogP contribution in [0.2, 0.25) is 0 Å². The number of piperidine rings is 1. The quantitative estimate of drug-likeness (QED) is 0.247. The first-order valence-corrected chi connectivity index (χ1v) is 17.5. The molecule has 2 saturated heterocycles. The number of phenols is 1. The number of pyridine rings is 1. The zero-order valence-corrected chi connectivity index (χ0v) is 29.4. The standard InChI is InChI=1S/C38H51N5O6/c1-26(2)21-33-37(48)42-32(23-38(3,4)5)36(47)41(30-15-18-40(19-16-30)17-6-7-20-44)25-34(42)43(49-33)35(46)14-13-29-12-11-28(24-39-29)27-9-8-10-31(45)22-27/h8-14,22,24-26,30,32-33,44-45H,6-7,15-21,23H2,1-5H3/b14-13+/t32-,33+/m0/s1. The van der Waals surface area contributed by atoms with Crippen LogP contribution in [0, 0.1) is 11.3 Å². The number of hydrogen-bond donors (Lipinski definition) is 2. The predicted molar refractivity (Wildman–Crippen MR) is 187 cm³/mol. The highest BCUT2D eigenvalue weighted by Crippen LogP contribution is 2.37. The maximum Gasteiger partial charge on any atom is 0.276 e. The SMILES string of the molecule is CC(C)C[C@H]1ON(C(=O)/C=C/c2ccc(-c3cccc(O)c3)cn2)C2=CN(C3CCN(CCCCO)CC3)C(=O)[C@H](CC(C)(C)C)N2C1=O. The first-order valence-electron chi connectivity index (χ1n) is 17.5. The van der Waals surface area contributed by atoms with Crippen molar-refractivity contribution in [2.45, 2.75) is 91.3 Å². The molecular formula is C38H51N5O6. The lowest BCUT2D eigenvalue weighted by Gasteiger charge is -2.50. The second-order valence-corrected chi connectivity index (χ2v) is 14.9. The number of aliphatic hydroxyl groups is 1. The van der Waals surface area contributed by atoms with Gasteiger partial charge in [-0.3, -0.25) is 29.1 Å².